The van der Waals surface area contributed by atoms with Crippen LogP contribution in [0.4, 0.5) is 16.2 Å². The Bertz CT molecular complexity index is 1280. The number of sulfonamides is 1. The first-order valence-electron chi connectivity index (χ1n) is 9.10. The molecule has 2 aromatic carbocycles. The summed E-state index contributed by atoms with van der Waals surface area (Å²) in [5, 5.41) is 11.5. The van der Waals surface area contributed by atoms with Crippen molar-refractivity contribution in [2.24, 2.45) is 0 Å². The van der Waals surface area contributed by atoms with E-state index in [1.807, 2.05) is 0 Å². The minimum Gasteiger partial charge on any atom is -0.443 e. The number of ether oxygens (including phenoxy) is 1. The van der Waals surface area contributed by atoms with Crippen LogP contribution in [0.5, 0.6) is 0 Å². The second kappa shape index (κ2) is 7.91. The van der Waals surface area contributed by atoms with Crippen LogP contribution in [0, 0.1) is 10.1 Å². The summed E-state index contributed by atoms with van der Waals surface area (Å²) in [4.78, 5) is 32.2. The summed E-state index contributed by atoms with van der Waals surface area (Å²) in [7, 11) is -4.17. The minimum atomic E-state index is -4.17. The lowest BCUT2D eigenvalue weighted by molar-refractivity contribution is -0.384. The van der Waals surface area contributed by atoms with Crippen molar-refractivity contribution in [1.82, 2.24) is 9.97 Å². The standard InChI is InChI=1S/C20H20N4O6S/c1-20(2,3)30-19(25)23(31(4,28)29)14-9-13(10-15(11-14)24(26)27)18-12-21-16-7-5-6-8-17(16)22-18/h5-12H,1-4H3. The van der Waals surface area contributed by atoms with Crippen LogP contribution in [-0.2, 0) is 14.8 Å². The smallest absolute Gasteiger partial charge is 0.428 e. The monoisotopic (exact) mass is 444 g/mol. The van der Waals surface area contributed by atoms with Crippen LogP contribution in [0.25, 0.3) is 22.3 Å². The summed E-state index contributed by atoms with van der Waals surface area (Å²) in [5.41, 5.74) is 0.0491. The molecule has 0 saturated heterocycles. The highest BCUT2D eigenvalue weighted by atomic mass is 32.2. The van der Waals surface area contributed by atoms with E-state index in [1.165, 1.54) is 18.3 Å². The Kier molecular flexibility index (Phi) is 5.64. The summed E-state index contributed by atoms with van der Waals surface area (Å²) in [6.07, 6.45) is 1.06. The molecule has 1 aromatic heterocycles. The van der Waals surface area contributed by atoms with Crippen molar-refractivity contribution in [3.63, 3.8) is 0 Å². The Morgan fingerprint density at radius 1 is 1.13 bits per heavy atom. The highest BCUT2D eigenvalue weighted by Crippen LogP contribution is 2.32. The van der Waals surface area contributed by atoms with Crippen LogP contribution in [0.3, 0.4) is 0 Å². The van der Waals surface area contributed by atoms with Crippen LogP contribution < -0.4 is 4.31 Å². The molecule has 0 radical (unpaired) electrons. The van der Waals surface area contributed by atoms with E-state index >= 15 is 0 Å². The van der Waals surface area contributed by atoms with Crippen LogP contribution in [-0.4, -0.2) is 41.3 Å². The highest BCUT2D eigenvalue weighted by molar-refractivity contribution is 7.92. The van der Waals surface area contributed by atoms with Gasteiger partial charge < -0.3 is 4.74 Å². The van der Waals surface area contributed by atoms with Gasteiger partial charge in [0.25, 0.3) is 5.69 Å². The average Bonchev–Trinajstić information content (AvgIpc) is 2.64. The van der Waals surface area contributed by atoms with Crippen LogP contribution in [0.15, 0.2) is 48.7 Å². The molecule has 0 aliphatic carbocycles. The van der Waals surface area contributed by atoms with Gasteiger partial charge in [0.05, 0.1) is 39.8 Å². The highest BCUT2D eigenvalue weighted by Gasteiger charge is 2.32. The number of non-ortho nitro benzene ring substituents is 1. The van der Waals surface area contributed by atoms with Crippen molar-refractivity contribution in [1.29, 1.82) is 0 Å². The van der Waals surface area contributed by atoms with Crippen molar-refractivity contribution in [3.05, 3.63) is 58.8 Å². The van der Waals surface area contributed by atoms with Gasteiger partial charge in [0.1, 0.15) is 5.60 Å². The predicted octanol–water partition coefficient (Wildman–Crippen LogP) is 3.91. The number of carbonyl (C=O) groups excluding carboxylic acids is 1. The number of nitro benzene ring substituents is 1. The van der Waals surface area contributed by atoms with Crippen molar-refractivity contribution in [2.45, 2.75) is 26.4 Å². The summed E-state index contributed by atoms with van der Waals surface area (Å²) in [6, 6.07) is 10.6. The maximum Gasteiger partial charge on any atom is 0.428 e. The molecule has 0 N–H and O–H groups in total. The van der Waals surface area contributed by atoms with E-state index in [0.29, 0.717) is 15.3 Å². The molecule has 0 spiro atoms. The number of carbonyl (C=O) groups is 1. The molecule has 1 amide bonds. The van der Waals surface area contributed by atoms with Gasteiger partial charge in [-0.2, -0.15) is 4.31 Å². The van der Waals surface area contributed by atoms with E-state index < -0.39 is 32.3 Å². The zero-order chi connectivity index (χ0) is 23.0. The predicted molar refractivity (Wildman–Crippen MR) is 115 cm³/mol. The summed E-state index contributed by atoms with van der Waals surface area (Å²) >= 11 is 0. The van der Waals surface area contributed by atoms with Gasteiger partial charge in [-0.15, -0.1) is 0 Å². The molecule has 0 unspecified atom stereocenters. The maximum atomic E-state index is 12.6. The lowest BCUT2D eigenvalue weighted by Gasteiger charge is -2.26. The van der Waals surface area contributed by atoms with Gasteiger partial charge in [-0.3, -0.25) is 15.1 Å². The zero-order valence-electron chi connectivity index (χ0n) is 17.3. The fourth-order valence-electron chi connectivity index (χ4n) is 2.80. The first-order chi connectivity index (χ1) is 14.3. The lowest BCUT2D eigenvalue weighted by Crippen LogP contribution is -2.40. The number of fused-ring (bicyclic) bond motifs is 1. The third-order valence-corrected chi connectivity index (χ3v) is 5.01. The molecule has 11 heteroatoms. The van der Waals surface area contributed by atoms with E-state index in [2.05, 4.69) is 9.97 Å². The van der Waals surface area contributed by atoms with Crippen molar-refractivity contribution < 1.29 is 22.9 Å². The van der Waals surface area contributed by atoms with Gasteiger partial charge in [0, 0.05) is 17.7 Å². The number of nitro groups is 1. The van der Waals surface area contributed by atoms with E-state index in [0.717, 1.165) is 12.3 Å². The number of hydrogen-bond donors (Lipinski definition) is 0. The maximum absolute atomic E-state index is 12.6. The number of para-hydroxylation sites is 2. The third-order valence-electron chi connectivity index (χ3n) is 3.98. The lowest BCUT2D eigenvalue weighted by atomic mass is 10.1. The SMILES string of the molecule is CC(C)(C)OC(=O)N(c1cc(-c2cnc3ccccc3n2)cc([N+](=O)[O-])c1)S(C)(=O)=O. The minimum absolute atomic E-state index is 0.222. The van der Waals surface area contributed by atoms with Gasteiger partial charge >= 0.3 is 6.09 Å². The molecular formula is C20H20N4O6S. The summed E-state index contributed by atoms with van der Waals surface area (Å²) < 4.78 is 30.4. The van der Waals surface area contributed by atoms with Crippen LogP contribution in [0.1, 0.15) is 20.8 Å². The van der Waals surface area contributed by atoms with Crippen LogP contribution in [0.2, 0.25) is 0 Å². The molecule has 1 heterocycles. The quantitative estimate of drug-likeness (QED) is 0.437. The number of nitrogens with zero attached hydrogens (tertiary/aromatic N) is 4. The number of anilines is 1. The third kappa shape index (κ3) is 5.12. The van der Waals surface area contributed by atoms with E-state index in [-0.39, 0.29) is 16.9 Å². The molecule has 0 fully saturated rings. The van der Waals surface area contributed by atoms with E-state index in [4.69, 9.17) is 4.74 Å². The molecule has 162 valence electrons. The van der Waals surface area contributed by atoms with Gasteiger partial charge in [-0.1, -0.05) is 12.1 Å². The van der Waals surface area contributed by atoms with E-state index in [9.17, 15) is 23.3 Å². The first-order valence-corrected chi connectivity index (χ1v) is 10.9. The summed E-state index contributed by atoms with van der Waals surface area (Å²) in [6.45, 7) is 4.73. The Morgan fingerprint density at radius 2 is 1.77 bits per heavy atom. The van der Waals surface area contributed by atoms with Gasteiger partial charge in [-0.25, -0.2) is 18.2 Å². The molecule has 10 nitrogen and oxygen atoms in total. The Labute approximate surface area is 178 Å². The average molecular weight is 444 g/mol. The number of rotatable bonds is 4. The molecule has 3 aromatic rings. The topological polar surface area (TPSA) is 133 Å². The molecule has 3 rings (SSSR count). The van der Waals surface area contributed by atoms with Gasteiger partial charge in [0.15, 0.2) is 0 Å². The second-order valence-electron chi connectivity index (χ2n) is 7.75. The summed E-state index contributed by atoms with van der Waals surface area (Å²) in [5.74, 6) is 0. The molecule has 31 heavy (non-hydrogen) atoms. The number of benzene rings is 2. The van der Waals surface area contributed by atoms with Crippen molar-refractivity contribution in [3.8, 4) is 11.3 Å². The Hall–Kier alpha value is -3.60. The van der Waals surface area contributed by atoms with Crippen LogP contribution >= 0.6 is 0 Å². The molecule has 0 atom stereocenters. The Morgan fingerprint density at radius 3 is 2.35 bits per heavy atom. The Balaban J connectivity index is 2.20. The number of amides is 1. The molecule has 0 saturated carbocycles. The number of hydrogen-bond acceptors (Lipinski definition) is 8. The zero-order valence-corrected chi connectivity index (χ0v) is 18.1. The molecular weight excluding hydrogens is 424 g/mol. The van der Waals surface area contributed by atoms with Crippen molar-refractivity contribution in [2.75, 3.05) is 10.6 Å². The largest absolute Gasteiger partial charge is 0.443 e. The van der Waals surface area contributed by atoms with Gasteiger partial charge in [0.2, 0.25) is 10.0 Å². The fraction of sp³-hybridized carbons (Fsp3) is 0.250. The fourth-order valence-corrected chi connectivity index (χ4v) is 3.59. The first kappa shape index (κ1) is 22.1. The molecule has 0 aliphatic rings. The number of aromatic nitrogens is 2. The van der Waals surface area contributed by atoms with Gasteiger partial charge in [-0.05, 0) is 39.0 Å². The van der Waals surface area contributed by atoms with Crippen molar-refractivity contribution >= 4 is 38.5 Å². The normalized spacial score (nSPS) is 11.9. The second-order valence-corrected chi connectivity index (χ2v) is 9.58. The molecule has 0 aliphatic heterocycles. The molecule has 0 bridgehead atoms. The van der Waals surface area contributed by atoms with E-state index in [1.54, 1.807) is 45.0 Å².